The quantitative estimate of drug-likeness (QED) is 0.673. The first kappa shape index (κ1) is 13.4. The standard InChI is InChI=1S/C13H11BrN4OS/c1-18-7-6-15-13(18)20-8-11-16-17-12(19-11)9-2-4-10(14)5-3-9/h2-7H,8H2,1H3. The zero-order chi connectivity index (χ0) is 13.9. The molecule has 1 aromatic carbocycles. The van der Waals surface area contributed by atoms with Gasteiger partial charge in [-0.1, -0.05) is 27.7 Å². The molecule has 20 heavy (non-hydrogen) atoms. The van der Waals surface area contributed by atoms with Gasteiger partial charge in [-0.3, -0.25) is 0 Å². The minimum absolute atomic E-state index is 0.535. The number of hydrogen-bond donors (Lipinski definition) is 0. The normalized spacial score (nSPS) is 10.9. The molecule has 5 nitrogen and oxygen atoms in total. The van der Waals surface area contributed by atoms with E-state index in [1.165, 1.54) is 0 Å². The van der Waals surface area contributed by atoms with Crippen molar-refractivity contribution >= 4 is 27.7 Å². The van der Waals surface area contributed by atoms with Crippen LogP contribution in [-0.2, 0) is 12.8 Å². The van der Waals surface area contributed by atoms with Gasteiger partial charge in [-0.15, -0.1) is 10.2 Å². The second-order valence-electron chi connectivity index (χ2n) is 4.12. The highest BCUT2D eigenvalue weighted by atomic mass is 79.9. The van der Waals surface area contributed by atoms with E-state index in [4.69, 9.17) is 4.42 Å². The molecule has 3 rings (SSSR count). The van der Waals surface area contributed by atoms with E-state index in [1.54, 1.807) is 18.0 Å². The van der Waals surface area contributed by atoms with Gasteiger partial charge in [-0.2, -0.15) is 0 Å². The maximum atomic E-state index is 5.65. The molecule has 0 bridgehead atoms. The molecule has 0 spiro atoms. The third-order valence-corrected chi connectivity index (χ3v) is 4.23. The molecule has 0 aliphatic rings. The first-order valence-electron chi connectivity index (χ1n) is 5.91. The van der Waals surface area contributed by atoms with Gasteiger partial charge >= 0.3 is 0 Å². The summed E-state index contributed by atoms with van der Waals surface area (Å²) >= 11 is 4.96. The van der Waals surface area contributed by atoms with E-state index in [9.17, 15) is 0 Å². The predicted molar refractivity (Wildman–Crippen MR) is 80.2 cm³/mol. The fraction of sp³-hybridized carbons (Fsp3) is 0.154. The molecule has 0 fully saturated rings. The van der Waals surface area contributed by atoms with Crippen LogP contribution in [0.1, 0.15) is 5.89 Å². The number of benzene rings is 1. The number of aryl methyl sites for hydroxylation is 1. The van der Waals surface area contributed by atoms with Crippen molar-refractivity contribution in [1.82, 2.24) is 19.7 Å². The minimum atomic E-state index is 0.535. The Balaban J connectivity index is 1.71. The largest absolute Gasteiger partial charge is 0.420 e. The number of rotatable bonds is 4. The van der Waals surface area contributed by atoms with Crippen molar-refractivity contribution in [2.24, 2.45) is 7.05 Å². The van der Waals surface area contributed by atoms with Gasteiger partial charge in [0.15, 0.2) is 5.16 Å². The van der Waals surface area contributed by atoms with E-state index >= 15 is 0 Å². The van der Waals surface area contributed by atoms with Crippen molar-refractivity contribution in [2.75, 3.05) is 0 Å². The lowest BCUT2D eigenvalue weighted by Gasteiger charge is -1.98. The van der Waals surface area contributed by atoms with Gasteiger partial charge in [0.05, 0.1) is 5.75 Å². The van der Waals surface area contributed by atoms with E-state index in [1.807, 2.05) is 42.1 Å². The van der Waals surface area contributed by atoms with Crippen molar-refractivity contribution in [3.05, 3.63) is 47.0 Å². The van der Waals surface area contributed by atoms with Crippen LogP contribution in [0.5, 0.6) is 0 Å². The first-order valence-corrected chi connectivity index (χ1v) is 7.68. The number of halogens is 1. The Bertz CT molecular complexity index is 707. The van der Waals surface area contributed by atoms with Crippen LogP contribution in [0.4, 0.5) is 0 Å². The van der Waals surface area contributed by atoms with Gasteiger partial charge < -0.3 is 8.98 Å². The summed E-state index contributed by atoms with van der Waals surface area (Å²) < 4.78 is 8.63. The molecule has 3 aromatic rings. The van der Waals surface area contributed by atoms with Crippen molar-refractivity contribution in [3.8, 4) is 11.5 Å². The maximum absolute atomic E-state index is 5.65. The molecule has 0 amide bonds. The molecule has 0 aliphatic carbocycles. The van der Waals surface area contributed by atoms with E-state index in [2.05, 4.69) is 31.1 Å². The average molecular weight is 351 g/mol. The molecule has 2 heterocycles. The van der Waals surface area contributed by atoms with Crippen LogP contribution in [0, 0.1) is 0 Å². The summed E-state index contributed by atoms with van der Waals surface area (Å²) in [5.74, 6) is 1.73. The number of thioether (sulfide) groups is 1. The number of aromatic nitrogens is 4. The highest BCUT2D eigenvalue weighted by Gasteiger charge is 2.10. The Morgan fingerprint density at radius 2 is 2.05 bits per heavy atom. The van der Waals surface area contributed by atoms with Gasteiger partial charge in [0.25, 0.3) is 0 Å². The maximum Gasteiger partial charge on any atom is 0.247 e. The Morgan fingerprint density at radius 1 is 1.25 bits per heavy atom. The lowest BCUT2D eigenvalue weighted by molar-refractivity contribution is 0.528. The third kappa shape index (κ3) is 2.94. The van der Waals surface area contributed by atoms with Crippen LogP contribution in [0.3, 0.4) is 0 Å². The van der Waals surface area contributed by atoms with Crippen LogP contribution in [0.25, 0.3) is 11.5 Å². The highest BCUT2D eigenvalue weighted by molar-refractivity contribution is 9.10. The zero-order valence-corrected chi connectivity index (χ0v) is 13.1. The summed E-state index contributed by atoms with van der Waals surface area (Å²) in [5, 5.41) is 9.05. The monoisotopic (exact) mass is 350 g/mol. The topological polar surface area (TPSA) is 56.7 Å². The SMILES string of the molecule is Cn1ccnc1SCc1nnc(-c2ccc(Br)cc2)o1. The third-order valence-electron chi connectivity index (χ3n) is 2.66. The van der Waals surface area contributed by atoms with Gasteiger partial charge in [0.2, 0.25) is 11.8 Å². The number of imidazole rings is 1. The van der Waals surface area contributed by atoms with Crippen molar-refractivity contribution in [2.45, 2.75) is 10.9 Å². The molecule has 0 saturated heterocycles. The van der Waals surface area contributed by atoms with Gasteiger partial charge in [0, 0.05) is 29.5 Å². The van der Waals surface area contributed by atoms with Crippen LogP contribution < -0.4 is 0 Å². The first-order chi connectivity index (χ1) is 9.72. The van der Waals surface area contributed by atoms with E-state index < -0.39 is 0 Å². The Morgan fingerprint density at radius 3 is 2.75 bits per heavy atom. The summed E-state index contributed by atoms with van der Waals surface area (Å²) in [7, 11) is 1.95. The Hall–Kier alpha value is -1.60. The molecular formula is C13H11BrN4OS. The van der Waals surface area contributed by atoms with Gasteiger partial charge in [-0.25, -0.2) is 4.98 Å². The molecule has 0 N–H and O–H groups in total. The van der Waals surface area contributed by atoms with E-state index in [0.29, 0.717) is 17.5 Å². The molecule has 2 aromatic heterocycles. The molecule has 0 atom stereocenters. The molecule has 7 heteroatoms. The second kappa shape index (κ2) is 5.80. The van der Waals surface area contributed by atoms with Crippen LogP contribution in [0.15, 0.2) is 50.7 Å². The molecule has 0 saturated carbocycles. The lowest BCUT2D eigenvalue weighted by Crippen LogP contribution is -1.89. The zero-order valence-electron chi connectivity index (χ0n) is 10.7. The number of hydrogen-bond acceptors (Lipinski definition) is 5. The van der Waals surface area contributed by atoms with Crippen LogP contribution >= 0.6 is 27.7 Å². The summed E-state index contributed by atoms with van der Waals surface area (Å²) in [6.45, 7) is 0. The van der Waals surface area contributed by atoms with Crippen molar-refractivity contribution in [3.63, 3.8) is 0 Å². The predicted octanol–water partition coefficient (Wildman–Crippen LogP) is 3.52. The minimum Gasteiger partial charge on any atom is -0.420 e. The molecular weight excluding hydrogens is 340 g/mol. The lowest BCUT2D eigenvalue weighted by atomic mass is 10.2. The fourth-order valence-electron chi connectivity index (χ4n) is 1.64. The Kier molecular flexibility index (Phi) is 3.88. The molecule has 102 valence electrons. The summed E-state index contributed by atoms with van der Waals surface area (Å²) in [6.07, 6.45) is 3.67. The molecule has 0 unspecified atom stereocenters. The average Bonchev–Trinajstić information content (AvgIpc) is 3.06. The number of nitrogens with zero attached hydrogens (tertiary/aromatic N) is 4. The summed E-state index contributed by atoms with van der Waals surface area (Å²) in [6, 6.07) is 7.77. The Labute approximate surface area is 128 Å². The van der Waals surface area contributed by atoms with Gasteiger partial charge in [-0.05, 0) is 24.3 Å². The second-order valence-corrected chi connectivity index (χ2v) is 5.98. The highest BCUT2D eigenvalue weighted by Crippen LogP contribution is 2.24. The van der Waals surface area contributed by atoms with Crippen LogP contribution in [-0.4, -0.2) is 19.7 Å². The van der Waals surface area contributed by atoms with Crippen LogP contribution in [0.2, 0.25) is 0 Å². The summed E-state index contributed by atoms with van der Waals surface area (Å²) in [5.41, 5.74) is 0.911. The smallest absolute Gasteiger partial charge is 0.247 e. The van der Waals surface area contributed by atoms with Gasteiger partial charge in [0.1, 0.15) is 0 Å². The fourth-order valence-corrected chi connectivity index (χ4v) is 2.67. The van der Waals surface area contributed by atoms with Crippen molar-refractivity contribution in [1.29, 1.82) is 0 Å². The summed E-state index contributed by atoms with van der Waals surface area (Å²) in [4.78, 5) is 4.24. The van der Waals surface area contributed by atoms with E-state index in [-0.39, 0.29) is 0 Å². The van der Waals surface area contributed by atoms with E-state index in [0.717, 1.165) is 15.2 Å². The molecule has 0 aliphatic heterocycles. The molecule has 0 radical (unpaired) electrons. The van der Waals surface area contributed by atoms with Crippen molar-refractivity contribution < 1.29 is 4.42 Å².